The van der Waals surface area contributed by atoms with Gasteiger partial charge in [0.1, 0.15) is 5.75 Å². The average Bonchev–Trinajstić information content (AvgIpc) is 2.39. The lowest BCUT2D eigenvalue weighted by Gasteiger charge is -2.29. The van der Waals surface area contributed by atoms with Crippen LogP contribution >= 0.6 is 15.9 Å². The van der Waals surface area contributed by atoms with Gasteiger partial charge in [-0.2, -0.15) is 0 Å². The van der Waals surface area contributed by atoms with Crippen molar-refractivity contribution < 1.29 is 23.8 Å². The maximum atomic E-state index is 11.9. The van der Waals surface area contributed by atoms with E-state index in [0.717, 1.165) is 4.47 Å². The lowest BCUT2D eigenvalue weighted by molar-refractivity contribution is -0.222. The molecule has 1 aromatic rings. The highest BCUT2D eigenvalue weighted by molar-refractivity contribution is 9.10. The molecular weight excluding hydrogens is 354 g/mol. The third-order valence-electron chi connectivity index (χ3n) is 2.75. The number of ether oxygens (including phenoxy) is 3. The molecule has 1 heterocycles. The molecule has 0 amide bonds. The summed E-state index contributed by atoms with van der Waals surface area (Å²) < 4.78 is 16.3. The van der Waals surface area contributed by atoms with Gasteiger partial charge in [-0.25, -0.2) is 9.59 Å². The first-order valence-electron chi connectivity index (χ1n) is 6.69. The number of rotatable bonds is 4. The van der Waals surface area contributed by atoms with Crippen LogP contribution in [0.3, 0.4) is 0 Å². The monoisotopic (exact) mass is 369 g/mol. The summed E-state index contributed by atoms with van der Waals surface area (Å²) in [5.41, 5.74) is 0.389. The zero-order valence-electron chi connectivity index (χ0n) is 12.4. The number of halogens is 1. The number of nitrogens with one attached hydrogen (secondary N) is 1. The molecule has 6 nitrogen and oxygen atoms in total. The number of carbonyl (C=O) groups excluding carboxylic acids is 2. The maximum Gasteiger partial charge on any atom is 0.350 e. The molecule has 0 unspecified atom stereocenters. The fraction of sp³-hybridized carbons (Fsp3) is 0.333. The highest BCUT2D eigenvalue weighted by Crippen LogP contribution is 2.33. The van der Waals surface area contributed by atoms with Crippen molar-refractivity contribution in [3.63, 3.8) is 0 Å². The number of carbonyl (C=O) groups is 2. The van der Waals surface area contributed by atoms with Crippen molar-refractivity contribution in [3.05, 3.63) is 34.4 Å². The van der Waals surface area contributed by atoms with Gasteiger partial charge < -0.3 is 19.5 Å². The Morgan fingerprint density at radius 3 is 2.50 bits per heavy atom. The van der Waals surface area contributed by atoms with Crippen molar-refractivity contribution in [2.45, 2.75) is 26.6 Å². The van der Waals surface area contributed by atoms with Crippen LogP contribution in [-0.2, 0) is 19.1 Å². The highest BCUT2D eigenvalue weighted by Gasteiger charge is 2.39. The summed E-state index contributed by atoms with van der Waals surface area (Å²) in [4.78, 5) is 23.7. The summed E-state index contributed by atoms with van der Waals surface area (Å²) in [5.74, 6) is -2.14. The first-order valence-corrected chi connectivity index (χ1v) is 7.48. The second-order valence-corrected chi connectivity index (χ2v) is 5.78. The Morgan fingerprint density at radius 2 is 1.91 bits per heavy atom. The van der Waals surface area contributed by atoms with Crippen LogP contribution in [0.1, 0.15) is 20.8 Å². The Kier molecular flexibility index (Phi) is 4.75. The first kappa shape index (κ1) is 16.4. The van der Waals surface area contributed by atoms with E-state index in [2.05, 4.69) is 21.2 Å². The smallest absolute Gasteiger partial charge is 0.350 e. The molecule has 0 aliphatic carbocycles. The Labute approximate surface area is 136 Å². The minimum absolute atomic E-state index is 0.211. The van der Waals surface area contributed by atoms with E-state index >= 15 is 0 Å². The van der Waals surface area contributed by atoms with E-state index in [9.17, 15) is 9.59 Å². The molecule has 1 N–H and O–H groups in total. The molecule has 0 bridgehead atoms. The van der Waals surface area contributed by atoms with Gasteiger partial charge in [0.05, 0.1) is 12.3 Å². The van der Waals surface area contributed by atoms with Crippen molar-refractivity contribution in [1.29, 1.82) is 0 Å². The van der Waals surface area contributed by atoms with Crippen LogP contribution in [0.25, 0.3) is 0 Å². The quantitative estimate of drug-likeness (QED) is 0.499. The number of hydrogen-bond donors (Lipinski definition) is 1. The van der Waals surface area contributed by atoms with Crippen LogP contribution in [0.15, 0.2) is 34.4 Å². The van der Waals surface area contributed by atoms with Gasteiger partial charge in [0.15, 0.2) is 5.57 Å². The summed E-state index contributed by atoms with van der Waals surface area (Å²) >= 11 is 3.39. The molecule has 22 heavy (non-hydrogen) atoms. The molecule has 7 heteroatoms. The van der Waals surface area contributed by atoms with E-state index in [0.29, 0.717) is 18.0 Å². The molecule has 0 atom stereocenters. The number of hydrogen-bond acceptors (Lipinski definition) is 6. The number of benzene rings is 1. The fourth-order valence-electron chi connectivity index (χ4n) is 1.84. The molecule has 0 radical (unpaired) electrons. The van der Waals surface area contributed by atoms with Crippen LogP contribution in [0.4, 0.5) is 5.69 Å². The van der Waals surface area contributed by atoms with Gasteiger partial charge in [0.25, 0.3) is 5.79 Å². The summed E-state index contributed by atoms with van der Waals surface area (Å²) in [6.45, 7) is 5.34. The van der Waals surface area contributed by atoms with E-state index in [1.807, 2.05) is 19.1 Å². The number of para-hydroxylation sites is 1. The number of esters is 2. The van der Waals surface area contributed by atoms with Gasteiger partial charge in [0.2, 0.25) is 0 Å². The van der Waals surface area contributed by atoms with Crippen LogP contribution in [0.5, 0.6) is 5.75 Å². The van der Waals surface area contributed by atoms with Gasteiger partial charge in [-0.3, -0.25) is 0 Å². The van der Waals surface area contributed by atoms with Crippen LogP contribution in [-0.4, -0.2) is 24.3 Å². The van der Waals surface area contributed by atoms with Crippen molar-refractivity contribution >= 4 is 33.6 Å². The predicted molar refractivity (Wildman–Crippen MR) is 83.3 cm³/mol. The van der Waals surface area contributed by atoms with Crippen molar-refractivity contribution in [2.24, 2.45) is 0 Å². The highest BCUT2D eigenvalue weighted by atomic mass is 79.9. The lowest BCUT2D eigenvalue weighted by Crippen LogP contribution is -2.42. The summed E-state index contributed by atoms with van der Waals surface area (Å²) in [5, 5.41) is 2.89. The molecular formula is C15H16BrNO5. The molecule has 118 valence electrons. The molecule has 0 saturated carbocycles. The molecule has 0 spiro atoms. The van der Waals surface area contributed by atoms with E-state index in [4.69, 9.17) is 14.2 Å². The normalized spacial score (nSPS) is 16.6. The number of cyclic esters (lactones) is 2. The third kappa shape index (κ3) is 3.59. The van der Waals surface area contributed by atoms with E-state index in [-0.39, 0.29) is 5.57 Å². The first-order chi connectivity index (χ1) is 10.3. The summed E-state index contributed by atoms with van der Waals surface area (Å²) in [7, 11) is 0. The van der Waals surface area contributed by atoms with E-state index in [1.165, 1.54) is 20.0 Å². The molecule has 0 aromatic heterocycles. The van der Waals surface area contributed by atoms with Gasteiger partial charge in [0, 0.05) is 24.5 Å². The van der Waals surface area contributed by atoms with E-state index in [1.54, 1.807) is 6.07 Å². The van der Waals surface area contributed by atoms with Gasteiger partial charge >= 0.3 is 11.9 Å². The molecule has 2 rings (SSSR count). The lowest BCUT2D eigenvalue weighted by atomic mass is 10.2. The van der Waals surface area contributed by atoms with Gasteiger partial charge in [-0.15, -0.1) is 0 Å². The molecule has 1 fully saturated rings. The molecule has 1 aliphatic rings. The number of anilines is 1. The second kappa shape index (κ2) is 6.39. The van der Waals surface area contributed by atoms with Crippen LogP contribution in [0, 0.1) is 0 Å². The molecule has 1 aliphatic heterocycles. The largest absolute Gasteiger partial charge is 0.492 e. The minimum atomic E-state index is -1.25. The van der Waals surface area contributed by atoms with Crippen molar-refractivity contribution in [2.75, 3.05) is 11.9 Å². The predicted octanol–water partition coefficient (Wildman–Crippen LogP) is 2.98. The van der Waals surface area contributed by atoms with Crippen LogP contribution in [0.2, 0.25) is 0 Å². The standard InChI is InChI=1S/C15H16BrNO5/c1-4-20-11-7-5-6-10(16)12(11)17-8-9-13(18)21-15(2,3)22-14(9)19/h5-8,17H,4H2,1-3H3. The van der Waals surface area contributed by atoms with Gasteiger partial charge in [-0.1, -0.05) is 6.07 Å². The Hall–Kier alpha value is -2.02. The average molecular weight is 370 g/mol. The van der Waals surface area contributed by atoms with Crippen molar-refractivity contribution in [1.82, 2.24) is 0 Å². The molecule has 1 aromatic carbocycles. The van der Waals surface area contributed by atoms with Crippen LogP contribution < -0.4 is 10.1 Å². The van der Waals surface area contributed by atoms with Crippen molar-refractivity contribution in [3.8, 4) is 5.75 Å². The Balaban J connectivity index is 2.25. The second-order valence-electron chi connectivity index (χ2n) is 4.93. The van der Waals surface area contributed by atoms with Gasteiger partial charge in [-0.05, 0) is 35.0 Å². The maximum absolute atomic E-state index is 11.9. The topological polar surface area (TPSA) is 73.9 Å². The van der Waals surface area contributed by atoms with E-state index < -0.39 is 17.7 Å². The Bertz CT molecular complexity index is 617. The zero-order chi connectivity index (χ0) is 16.3. The SMILES string of the molecule is CCOc1cccc(Br)c1NC=C1C(=O)OC(C)(C)OC1=O. The third-order valence-corrected chi connectivity index (χ3v) is 3.41. The Morgan fingerprint density at radius 1 is 1.27 bits per heavy atom. The molecule has 1 saturated heterocycles. The minimum Gasteiger partial charge on any atom is -0.492 e. The fourth-order valence-corrected chi connectivity index (χ4v) is 2.31. The summed E-state index contributed by atoms with van der Waals surface area (Å²) in [6.07, 6.45) is 1.25. The zero-order valence-corrected chi connectivity index (χ0v) is 14.0. The summed E-state index contributed by atoms with van der Waals surface area (Å²) in [6, 6.07) is 5.40.